The Morgan fingerprint density at radius 2 is 2.09 bits per heavy atom. The molecule has 4 aliphatic rings. The fourth-order valence-corrected chi connectivity index (χ4v) is 4.84. The first-order chi connectivity index (χ1) is 11.1. The van der Waals surface area contributed by atoms with Crippen LogP contribution in [0.2, 0.25) is 0 Å². The van der Waals surface area contributed by atoms with Crippen LogP contribution in [0.25, 0.3) is 5.65 Å². The van der Waals surface area contributed by atoms with Crippen molar-refractivity contribution >= 4 is 27.5 Å². The van der Waals surface area contributed by atoms with E-state index in [2.05, 4.69) is 35.7 Å². The van der Waals surface area contributed by atoms with Crippen LogP contribution in [0.5, 0.6) is 0 Å². The number of nitrogens with zero attached hydrogens (tertiary/aromatic N) is 5. The van der Waals surface area contributed by atoms with Gasteiger partial charge in [0, 0.05) is 17.2 Å². The van der Waals surface area contributed by atoms with Gasteiger partial charge < -0.3 is 14.5 Å². The Morgan fingerprint density at radius 1 is 1.26 bits per heavy atom. The average Bonchev–Trinajstić information content (AvgIpc) is 3.07. The summed E-state index contributed by atoms with van der Waals surface area (Å²) in [5.41, 5.74) is 7.04. The molecule has 2 aromatic heterocycles. The van der Waals surface area contributed by atoms with Gasteiger partial charge in [0.25, 0.3) is 0 Å². The Kier molecular flexibility index (Phi) is 3.01. The second-order valence-corrected chi connectivity index (χ2v) is 7.73. The number of hydrogen-bond donors (Lipinski definition) is 1. The minimum absolute atomic E-state index is 0.155. The van der Waals surface area contributed by atoms with E-state index in [4.69, 9.17) is 10.5 Å². The molecule has 2 N–H and O–H groups in total. The van der Waals surface area contributed by atoms with Crippen molar-refractivity contribution in [3.05, 3.63) is 23.1 Å². The molecule has 2 atom stereocenters. The first-order valence-electron chi connectivity index (χ1n) is 8.06. The van der Waals surface area contributed by atoms with Crippen LogP contribution < -0.4 is 10.6 Å². The summed E-state index contributed by atoms with van der Waals surface area (Å²) in [6, 6.07) is 1.97. The number of hydrogen-bond acceptors (Lipinski definition) is 6. The van der Waals surface area contributed by atoms with E-state index in [1.807, 2.05) is 16.7 Å². The standard InChI is InChI=1S/C15H19BrN6O/c16-11-5-12-18-9-19-14(21(12)6-11)22-8-15(23-13(22)17)7-20-3-1-10(15)2-4-20/h5-6,9-10,13H,1-4,7-8,17H2. The van der Waals surface area contributed by atoms with Crippen molar-refractivity contribution in [2.45, 2.75) is 24.8 Å². The summed E-state index contributed by atoms with van der Waals surface area (Å²) in [6.07, 6.45) is 5.50. The fraction of sp³-hybridized carbons (Fsp3) is 0.600. The largest absolute Gasteiger partial charge is 0.335 e. The number of nitrogens with two attached hydrogens (primary N) is 1. The van der Waals surface area contributed by atoms with Crippen LogP contribution in [0.3, 0.4) is 0 Å². The van der Waals surface area contributed by atoms with Gasteiger partial charge in [-0.1, -0.05) is 0 Å². The molecule has 4 aliphatic heterocycles. The molecule has 2 unspecified atom stereocenters. The van der Waals surface area contributed by atoms with Crippen molar-refractivity contribution in [3.8, 4) is 0 Å². The number of anilines is 1. The highest BCUT2D eigenvalue weighted by Gasteiger charge is 2.54. The molecule has 122 valence electrons. The van der Waals surface area contributed by atoms with Crippen molar-refractivity contribution in [1.82, 2.24) is 19.3 Å². The molecule has 6 heterocycles. The van der Waals surface area contributed by atoms with Gasteiger partial charge in [0.2, 0.25) is 5.95 Å². The van der Waals surface area contributed by atoms with E-state index in [9.17, 15) is 0 Å². The zero-order valence-corrected chi connectivity index (χ0v) is 14.3. The Bertz CT molecular complexity index is 758. The molecule has 6 rings (SSSR count). The maximum atomic E-state index is 6.35. The van der Waals surface area contributed by atoms with Gasteiger partial charge in [-0.2, -0.15) is 0 Å². The molecule has 2 aromatic rings. The highest BCUT2D eigenvalue weighted by molar-refractivity contribution is 9.10. The Morgan fingerprint density at radius 3 is 2.83 bits per heavy atom. The van der Waals surface area contributed by atoms with Crippen molar-refractivity contribution in [1.29, 1.82) is 0 Å². The Labute approximate surface area is 142 Å². The van der Waals surface area contributed by atoms with Crippen LogP contribution in [0.1, 0.15) is 12.8 Å². The van der Waals surface area contributed by atoms with Crippen molar-refractivity contribution in [2.24, 2.45) is 11.7 Å². The topological polar surface area (TPSA) is 71.9 Å². The second-order valence-electron chi connectivity index (χ2n) is 6.81. The summed E-state index contributed by atoms with van der Waals surface area (Å²) in [5.74, 6) is 1.39. The monoisotopic (exact) mass is 378 g/mol. The number of aromatic nitrogens is 3. The third-order valence-corrected chi connectivity index (χ3v) is 5.96. The quantitative estimate of drug-likeness (QED) is 0.798. The van der Waals surface area contributed by atoms with E-state index in [-0.39, 0.29) is 5.60 Å². The molecule has 4 saturated heterocycles. The Balaban J connectivity index is 1.54. The van der Waals surface area contributed by atoms with Gasteiger partial charge in [-0.05, 0) is 53.8 Å². The fourth-order valence-electron chi connectivity index (χ4n) is 4.44. The van der Waals surface area contributed by atoms with Gasteiger partial charge in [0.15, 0.2) is 6.35 Å². The van der Waals surface area contributed by atoms with Crippen LogP contribution >= 0.6 is 15.9 Å². The van der Waals surface area contributed by atoms with E-state index < -0.39 is 6.35 Å². The molecular weight excluding hydrogens is 360 g/mol. The average molecular weight is 379 g/mol. The second kappa shape index (κ2) is 4.89. The molecule has 2 bridgehead atoms. The SMILES string of the molecule is NC1OC2(CN3CCC2CC3)CN1c1ncnc2cc(Br)cn12. The molecule has 1 spiro atoms. The third kappa shape index (κ3) is 2.05. The van der Waals surface area contributed by atoms with Crippen LogP contribution in [0.4, 0.5) is 5.95 Å². The first-order valence-corrected chi connectivity index (χ1v) is 8.85. The summed E-state index contributed by atoms with van der Waals surface area (Å²) in [4.78, 5) is 13.4. The number of halogens is 1. The van der Waals surface area contributed by atoms with Gasteiger partial charge in [-0.3, -0.25) is 10.1 Å². The van der Waals surface area contributed by atoms with Crippen molar-refractivity contribution < 1.29 is 4.74 Å². The summed E-state index contributed by atoms with van der Waals surface area (Å²) < 4.78 is 9.27. The summed E-state index contributed by atoms with van der Waals surface area (Å²) in [5, 5.41) is 0. The normalized spacial score (nSPS) is 36.4. The zero-order valence-electron chi connectivity index (χ0n) is 12.7. The molecule has 23 heavy (non-hydrogen) atoms. The number of fused-ring (bicyclic) bond motifs is 3. The van der Waals surface area contributed by atoms with Crippen molar-refractivity contribution in [3.63, 3.8) is 0 Å². The highest BCUT2D eigenvalue weighted by atomic mass is 79.9. The number of ether oxygens (including phenoxy) is 1. The lowest BCUT2D eigenvalue weighted by Crippen LogP contribution is -2.61. The number of rotatable bonds is 1. The van der Waals surface area contributed by atoms with Gasteiger partial charge in [0.1, 0.15) is 17.6 Å². The summed E-state index contributed by atoms with van der Waals surface area (Å²) in [7, 11) is 0. The van der Waals surface area contributed by atoms with Gasteiger partial charge in [-0.25, -0.2) is 9.97 Å². The number of piperidine rings is 3. The van der Waals surface area contributed by atoms with E-state index in [1.165, 1.54) is 25.9 Å². The Hall–Kier alpha value is -1.22. The van der Waals surface area contributed by atoms with Crippen LogP contribution in [0.15, 0.2) is 23.1 Å². The van der Waals surface area contributed by atoms with Gasteiger partial charge >= 0.3 is 0 Å². The van der Waals surface area contributed by atoms with E-state index >= 15 is 0 Å². The molecule has 0 aliphatic carbocycles. The molecule has 0 aromatic carbocycles. The zero-order chi connectivity index (χ0) is 15.6. The lowest BCUT2D eigenvalue weighted by atomic mass is 9.75. The lowest BCUT2D eigenvalue weighted by molar-refractivity contribution is -0.137. The molecule has 7 nitrogen and oxygen atoms in total. The molecule has 0 radical (unpaired) electrons. The smallest absolute Gasteiger partial charge is 0.216 e. The van der Waals surface area contributed by atoms with Crippen LogP contribution in [0, 0.1) is 5.92 Å². The predicted octanol–water partition coefficient (Wildman–Crippen LogP) is 1.04. The minimum Gasteiger partial charge on any atom is -0.335 e. The molecular formula is C15H19BrN6O. The van der Waals surface area contributed by atoms with E-state index in [1.54, 1.807) is 6.33 Å². The van der Waals surface area contributed by atoms with Gasteiger partial charge in [-0.15, -0.1) is 0 Å². The van der Waals surface area contributed by atoms with E-state index in [0.29, 0.717) is 5.92 Å². The third-order valence-electron chi connectivity index (χ3n) is 5.53. The van der Waals surface area contributed by atoms with Gasteiger partial charge in [0.05, 0.1) is 6.54 Å². The first kappa shape index (κ1) is 14.2. The molecule has 0 amide bonds. The molecule has 4 fully saturated rings. The predicted molar refractivity (Wildman–Crippen MR) is 89.0 cm³/mol. The maximum absolute atomic E-state index is 6.35. The summed E-state index contributed by atoms with van der Waals surface area (Å²) >= 11 is 3.50. The highest BCUT2D eigenvalue weighted by Crippen LogP contribution is 2.43. The lowest BCUT2D eigenvalue weighted by Gasteiger charge is -2.50. The van der Waals surface area contributed by atoms with E-state index in [0.717, 1.165) is 29.2 Å². The minimum atomic E-state index is -0.463. The molecule has 0 saturated carbocycles. The van der Waals surface area contributed by atoms with Crippen LogP contribution in [-0.2, 0) is 4.74 Å². The summed E-state index contributed by atoms with van der Waals surface area (Å²) in [6.45, 7) is 4.14. The van der Waals surface area contributed by atoms with Crippen LogP contribution in [-0.4, -0.2) is 57.4 Å². The van der Waals surface area contributed by atoms with Crippen molar-refractivity contribution in [2.75, 3.05) is 31.1 Å². The molecule has 8 heteroatoms. The maximum Gasteiger partial charge on any atom is 0.216 e.